The van der Waals surface area contributed by atoms with Crippen LogP contribution in [0.15, 0.2) is 72.4 Å². The number of nitrogens with zero attached hydrogens (tertiary/aromatic N) is 3. The van der Waals surface area contributed by atoms with Gasteiger partial charge >= 0.3 is 5.97 Å². The maximum Gasteiger partial charge on any atom is 0.335 e. The van der Waals surface area contributed by atoms with Crippen molar-refractivity contribution in [1.82, 2.24) is 20.1 Å². The monoisotopic (exact) mass is 493 g/mol. The van der Waals surface area contributed by atoms with E-state index in [1.165, 1.54) is 36.0 Å². The van der Waals surface area contributed by atoms with Gasteiger partial charge in [0, 0.05) is 17.8 Å². The summed E-state index contributed by atoms with van der Waals surface area (Å²) in [6, 6.07) is 14.5. The molecular formula is C25H27N5O4S. The molecule has 2 amide bonds. The van der Waals surface area contributed by atoms with Gasteiger partial charge in [0.1, 0.15) is 0 Å². The first kappa shape index (κ1) is 25.7. The molecule has 0 radical (unpaired) electrons. The van der Waals surface area contributed by atoms with E-state index in [9.17, 15) is 14.4 Å². The van der Waals surface area contributed by atoms with Gasteiger partial charge < -0.3 is 20.3 Å². The SMILES string of the molecule is C=CCn1c(SCC(=O)Nc2ccc(C(=O)O)cc2)nnc1[C@@H](NC(=O)c1ccccc1)C(C)C. The van der Waals surface area contributed by atoms with Gasteiger partial charge in [0.25, 0.3) is 5.91 Å². The van der Waals surface area contributed by atoms with Crippen LogP contribution in [0.4, 0.5) is 5.69 Å². The second-order valence-electron chi connectivity index (χ2n) is 8.02. The largest absolute Gasteiger partial charge is 0.478 e. The number of anilines is 1. The number of carbonyl (C=O) groups excluding carboxylic acids is 2. The highest BCUT2D eigenvalue weighted by Crippen LogP contribution is 2.26. The Bertz CT molecular complexity index is 1190. The third-order valence-corrected chi connectivity index (χ3v) is 6.04. The number of carboxylic acid groups (broad SMARTS) is 1. The smallest absolute Gasteiger partial charge is 0.335 e. The van der Waals surface area contributed by atoms with E-state index in [1.54, 1.807) is 30.3 Å². The molecule has 0 aliphatic carbocycles. The van der Waals surface area contributed by atoms with Crippen molar-refractivity contribution in [1.29, 1.82) is 0 Å². The highest BCUT2D eigenvalue weighted by Gasteiger charge is 2.26. The molecule has 0 aliphatic rings. The van der Waals surface area contributed by atoms with Crippen LogP contribution in [0.2, 0.25) is 0 Å². The molecule has 0 aliphatic heterocycles. The number of allylic oxidation sites excluding steroid dienone is 1. The molecule has 0 fully saturated rings. The molecule has 0 saturated heterocycles. The lowest BCUT2D eigenvalue weighted by atomic mass is 10.0. The third kappa shape index (κ3) is 6.80. The fourth-order valence-corrected chi connectivity index (χ4v) is 4.06. The van der Waals surface area contributed by atoms with Crippen LogP contribution in [-0.2, 0) is 11.3 Å². The number of carboxylic acids is 1. The number of aromatic carboxylic acids is 1. The maximum atomic E-state index is 12.8. The summed E-state index contributed by atoms with van der Waals surface area (Å²) in [5, 5.41) is 23.9. The fraction of sp³-hybridized carbons (Fsp3) is 0.240. The number of rotatable bonds is 11. The van der Waals surface area contributed by atoms with Crippen LogP contribution in [0.3, 0.4) is 0 Å². The summed E-state index contributed by atoms with van der Waals surface area (Å²) >= 11 is 1.21. The molecule has 1 heterocycles. The van der Waals surface area contributed by atoms with Crippen molar-refractivity contribution in [2.75, 3.05) is 11.1 Å². The van der Waals surface area contributed by atoms with Crippen molar-refractivity contribution in [2.45, 2.75) is 31.6 Å². The van der Waals surface area contributed by atoms with Crippen LogP contribution in [0.5, 0.6) is 0 Å². The number of benzene rings is 2. The average Bonchev–Trinajstić information content (AvgIpc) is 3.24. The molecule has 0 saturated carbocycles. The number of hydrogen-bond acceptors (Lipinski definition) is 6. The zero-order chi connectivity index (χ0) is 25.4. The van der Waals surface area contributed by atoms with Gasteiger partial charge in [0.05, 0.1) is 17.4 Å². The van der Waals surface area contributed by atoms with E-state index in [4.69, 9.17) is 5.11 Å². The molecule has 35 heavy (non-hydrogen) atoms. The summed E-state index contributed by atoms with van der Waals surface area (Å²) in [5.74, 6) is -0.832. The number of hydrogen-bond donors (Lipinski definition) is 3. The molecule has 0 spiro atoms. The Morgan fingerprint density at radius 2 is 1.74 bits per heavy atom. The predicted octanol–water partition coefficient (Wildman–Crippen LogP) is 4.02. The van der Waals surface area contributed by atoms with Gasteiger partial charge in [-0.1, -0.05) is 49.9 Å². The van der Waals surface area contributed by atoms with Crippen molar-refractivity contribution in [3.63, 3.8) is 0 Å². The Morgan fingerprint density at radius 3 is 2.34 bits per heavy atom. The maximum absolute atomic E-state index is 12.8. The highest BCUT2D eigenvalue weighted by molar-refractivity contribution is 7.99. The Balaban J connectivity index is 1.71. The molecule has 1 atom stereocenters. The summed E-state index contributed by atoms with van der Waals surface area (Å²) in [5.41, 5.74) is 1.19. The topological polar surface area (TPSA) is 126 Å². The normalized spacial score (nSPS) is 11.6. The van der Waals surface area contributed by atoms with Gasteiger partial charge in [0.2, 0.25) is 5.91 Å². The van der Waals surface area contributed by atoms with E-state index in [1.807, 2.05) is 24.5 Å². The van der Waals surface area contributed by atoms with E-state index in [0.717, 1.165) is 0 Å². The standard InChI is InChI=1S/C25H27N5O4S/c1-4-14-30-22(21(16(2)3)27-23(32)17-8-6-5-7-9-17)28-29-25(30)35-15-20(31)26-19-12-10-18(11-13-19)24(33)34/h4-13,16,21H,1,14-15H2,2-3H3,(H,26,31)(H,27,32)(H,33,34)/t21-/m0/s1. The molecule has 1 aromatic heterocycles. The lowest BCUT2D eigenvalue weighted by molar-refractivity contribution is -0.113. The molecule has 2 aromatic carbocycles. The molecule has 182 valence electrons. The lowest BCUT2D eigenvalue weighted by Crippen LogP contribution is -2.33. The third-order valence-electron chi connectivity index (χ3n) is 5.07. The van der Waals surface area contributed by atoms with Crippen molar-refractivity contribution in [3.05, 3.63) is 84.2 Å². The van der Waals surface area contributed by atoms with Gasteiger partial charge in [-0.15, -0.1) is 16.8 Å². The van der Waals surface area contributed by atoms with Crippen LogP contribution in [0, 0.1) is 5.92 Å². The quantitative estimate of drug-likeness (QED) is 0.272. The minimum absolute atomic E-state index is 0.0327. The fourth-order valence-electron chi connectivity index (χ4n) is 3.30. The first-order chi connectivity index (χ1) is 16.8. The van der Waals surface area contributed by atoms with Gasteiger partial charge in [-0.3, -0.25) is 9.59 Å². The molecule has 10 heteroatoms. The first-order valence-corrected chi connectivity index (χ1v) is 11.9. The van der Waals surface area contributed by atoms with E-state index >= 15 is 0 Å². The number of nitrogens with one attached hydrogen (secondary N) is 2. The Labute approximate surface area is 207 Å². The van der Waals surface area contributed by atoms with Crippen molar-refractivity contribution < 1.29 is 19.5 Å². The molecule has 3 aromatic rings. The van der Waals surface area contributed by atoms with Crippen molar-refractivity contribution in [3.8, 4) is 0 Å². The summed E-state index contributed by atoms with van der Waals surface area (Å²) < 4.78 is 1.84. The van der Waals surface area contributed by atoms with Crippen molar-refractivity contribution in [2.24, 2.45) is 5.92 Å². The summed E-state index contributed by atoms with van der Waals surface area (Å²) in [6.07, 6.45) is 1.71. The van der Waals surface area contributed by atoms with Crippen LogP contribution < -0.4 is 10.6 Å². The number of carbonyl (C=O) groups is 3. The Morgan fingerprint density at radius 1 is 1.06 bits per heavy atom. The minimum Gasteiger partial charge on any atom is -0.478 e. The number of aromatic nitrogens is 3. The molecular weight excluding hydrogens is 466 g/mol. The summed E-state index contributed by atoms with van der Waals surface area (Å²) in [7, 11) is 0. The summed E-state index contributed by atoms with van der Waals surface area (Å²) in [6.45, 7) is 8.19. The van der Waals surface area contributed by atoms with E-state index in [-0.39, 0.29) is 29.0 Å². The van der Waals surface area contributed by atoms with Gasteiger partial charge in [0.15, 0.2) is 11.0 Å². The lowest BCUT2D eigenvalue weighted by Gasteiger charge is -2.22. The average molecular weight is 494 g/mol. The van der Waals surface area contributed by atoms with Crippen LogP contribution in [0.25, 0.3) is 0 Å². The second-order valence-corrected chi connectivity index (χ2v) is 8.96. The molecule has 0 bridgehead atoms. The van der Waals surface area contributed by atoms with Crippen LogP contribution in [0.1, 0.15) is 46.4 Å². The van der Waals surface area contributed by atoms with E-state index < -0.39 is 12.0 Å². The zero-order valence-electron chi connectivity index (χ0n) is 19.5. The van der Waals surface area contributed by atoms with Crippen LogP contribution >= 0.6 is 11.8 Å². The minimum atomic E-state index is -1.03. The number of amides is 2. The van der Waals surface area contributed by atoms with E-state index in [0.29, 0.717) is 28.8 Å². The number of thioether (sulfide) groups is 1. The summed E-state index contributed by atoms with van der Waals surface area (Å²) in [4.78, 5) is 36.2. The second kappa shape index (κ2) is 12.0. The van der Waals surface area contributed by atoms with Gasteiger partial charge in [-0.05, 0) is 42.3 Å². The Hall–Kier alpha value is -3.92. The molecule has 3 N–H and O–H groups in total. The van der Waals surface area contributed by atoms with Gasteiger partial charge in [-0.2, -0.15) is 0 Å². The molecule has 9 nitrogen and oxygen atoms in total. The molecule has 3 rings (SSSR count). The van der Waals surface area contributed by atoms with Gasteiger partial charge in [-0.25, -0.2) is 4.79 Å². The van der Waals surface area contributed by atoms with Crippen LogP contribution in [-0.4, -0.2) is 43.4 Å². The Kier molecular flexibility index (Phi) is 8.80. The zero-order valence-corrected chi connectivity index (χ0v) is 20.3. The highest BCUT2D eigenvalue weighted by atomic mass is 32.2. The van der Waals surface area contributed by atoms with E-state index in [2.05, 4.69) is 27.4 Å². The first-order valence-electron chi connectivity index (χ1n) is 11.0. The predicted molar refractivity (Wildman–Crippen MR) is 134 cm³/mol. The molecule has 0 unspecified atom stereocenters. The van der Waals surface area contributed by atoms with Crippen molar-refractivity contribution >= 4 is 35.2 Å².